The van der Waals surface area contributed by atoms with E-state index in [2.05, 4.69) is 0 Å². The average Bonchev–Trinajstić information content (AvgIpc) is 2.45. The molecular formula is C15H8F6O. The molecule has 2 aromatic carbocycles. The van der Waals surface area contributed by atoms with Crippen LogP contribution in [0.15, 0.2) is 42.5 Å². The quantitative estimate of drug-likeness (QED) is 0.549. The van der Waals surface area contributed by atoms with Gasteiger partial charge in [0, 0.05) is 5.56 Å². The monoisotopic (exact) mass is 318 g/mol. The first-order valence-corrected chi connectivity index (χ1v) is 5.96. The molecule has 1 nitrogen and oxygen atoms in total. The van der Waals surface area contributed by atoms with Crippen LogP contribution in [0.1, 0.15) is 21.5 Å². The maximum Gasteiger partial charge on any atom is 0.416 e. The lowest BCUT2D eigenvalue weighted by atomic mass is 9.98. The maximum absolute atomic E-state index is 12.8. The van der Waals surface area contributed by atoms with E-state index in [9.17, 15) is 31.1 Å². The Labute approximate surface area is 121 Å². The third-order valence-corrected chi connectivity index (χ3v) is 2.94. The highest BCUT2D eigenvalue weighted by Gasteiger charge is 2.32. The highest BCUT2D eigenvalue weighted by atomic mass is 19.4. The molecule has 2 rings (SSSR count). The number of carbonyl (C=O) groups excluding carboxylic acids is 1. The minimum atomic E-state index is -4.70. The fourth-order valence-electron chi connectivity index (χ4n) is 1.93. The molecule has 0 saturated carbocycles. The van der Waals surface area contributed by atoms with Gasteiger partial charge in [0.2, 0.25) is 0 Å². The lowest BCUT2D eigenvalue weighted by molar-refractivity contribution is -0.138. The summed E-state index contributed by atoms with van der Waals surface area (Å²) in [6.45, 7) is 0. The van der Waals surface area contributed by atoms with E-state index in [0.29, 0.717) is 12.1 Å². The van der Waals surface area contributed by atoms with Crippen molar-refractivity contribution in [3.63, 3.8) is 0 Å². The van der Waals surface area contributed by atoms with Crippen LogP contribution >= 0.6 is 0 Å². The molecule has 0 heterocycles. The van der Waals surface area contributed by atoms with Crippen molar-refractivity contribution in [3.8, 4) is 11.1 Å². The van der Waals surface area contributed by atoms with E-state index in [1.807, 2.05) is 0 Å². The second-order valence-corrected chi connectivity index (χ2v) is 4.54. The van der Waals surface area contributed by atoms with E-state index in [1.165, 1.54) is 6.07 Å². The molecule has 0 bridgehead atoms. The molecule has 0 aliphatic carbocycles. The maximum atomic E-state index is 12.8. The molecule has 0 amide bonds. The van der Waals surface area contributed by atoms with Gasteiger partial charge in [-0.15, -0.1) is 0 Å². The molecular weight excluding hydrogens is 310 g/mol. The highest BCUT2D eigenvalue weighted by molar-refractivity contribution is 5.80. The molecule has 22 heavy (non-hydrogen) atoms. The van der Waals surface area contributed by atoms with Gasteiger partial charge in [-0.3, -0.25) is 4.79 Å². The molecule has 116 valence electrons. The minimum Gasteiger partial charge on any atom is -0.298 e. The van der Waals surface area contributed by atoms with Gasteiger partial charge in [0.15, 0.2) is 0 Å². The summed E-state index contributed by atoms with van der Waals surface area (Å²) < 4.78 is 76.3. The van der Waals surface area contributed by atoms with Gasteiger partial charge in [-0.1, -0.05) is 12.1 Å². The lowest BCUT2D eigenvalue weighted by Crippen LogP contribution is -2.06. The van der Waals surface area contributed by atoms with Crippen molar-refractivity contribution in [2.75, 3.05) is 0 Å². The van der Waals surface area contributed by atoms with E-state index in [-0.39, 0.29) is 23.0 Å². The van der Waals surface area contributed by atoms with Crippen molar-refractivity contribution in [2.45, 2.75) is 12.4 Å². The van der Waals surface area contributed by atoms with Gasteiger partial charge < -0.3 is 0 Å². The number of hydrogen-bond donors (Lipinski definition) is 0. The zero-order chi connectivity index (χ0) is 16.5. The molecule has 7 heteroatoms. The number of rotatable bonds is 2. The largest absolute Gasteiger partial charge is 0.416 e. The number of halogens is 6. The molecule has 0 N–H and O–H groups in total. The summed E-state index contributed by atoms with van der Waals surface area (Å²) in [7, 11) is 0. The Bertz CT molecular complexity index is 700. The summed E-state index contributed by atoms with van der Waals surface area (Å²) in [5.74, 6) is 0. The third-order valence-electron chi connectivity index (χ3n) is 2.94. The summed E-state index contributed by atoms with van der Waals surface area (Å²) in [6.07, 6.45) is -9.09. The Morgan fingerprint density at radius 1 is 0.727 bits per heavy atom. The zero-order valence-corrected chi connectivity index (χ0v) is 10.8. The SMILES string of the molecule is O=Cc1cc(-c2cccc(C(F)(F)F)c2)cc(C(F)(F)F)c1. The molecule has 0 radical (unpaired) electrons. The Morgan fingerprint density at radius 2 is 1.32 bits per heavy atom. The van der Waals surface area contributed by atoms with Gasteiger partial charge in [0.1, 0.15) is 6.29 Å². The van der Waals surface area contributed by atoms with E-state index >= 15 is 0 Å². The Kier molecular flexibility index (Phi) is 4.00. The van der Waals surface area contributed by atoms with Crippen molar-refractivity contribution in [3.05, 3.63) is 59.2 Å². The summed E-state index contributed by atoms with van der Waals surface area (Å²) in [4.78, 5) is 10.7. The first-order chi connectivity index (χ1) is 10.1. The summed E-state index contributed by atoms with van der Waals surface area (Å²) >= 11 is 0. The predicted molar refractivity (Wildman–Crippen MR) is 67.3 cm³/mol. The Morgan fingerprint density at radius 3 is 1.86 bits per heavy atom. The van der Waals surface area contributed by atoms with Gasteiger partial charge in [-0.2, -0.15) is 26.3 Å². The number of alkyl halides is 6. The fourth-order valence-corrected chi connectivity index (χ4v) is 1.93. The van der Waals surface area contributed by atoms with Gasteiger partial charge in [0.25, 0.3) is 0 Å². The smallest absolute Gasteiger partial charge is 0.298 e. The van der Waals surface area contributed by atoms with Gasteiger partial charge in [0.05, 0.1) is 11.1 Å². The van der Waals surface area contributed by atoms with Crippen LogP contribution in [0.25, 0.3) is 11.1 Å². The standard InChI is InChI=1S/C15H8F6O/c16-14(17,18)12-3-1-2-10(6-12)11-4-9(8-22)5-13(7-11)15(19,20)21/h1-8H. The van der Waals surface area contributed by atoms with Gasteiger partial charge in [-0.25, -0.2) is 0 Å². The van der Waals surface area contributed by atoms with Crippen LogP contribution in [0.2, 0.25) is 0 Å². The molecule has 0 aliphatic heterocycles. The first-order valence-electron chi connectivity index (χ1n) is 5.96. The van der Waals surface area contributed by atoms with Crippen LogP contribution in [0.3, 0.4) is 0 Å². The van der Waals surface area contributed by atoms with E-state index in [1.54, 1.807) is 0 Å². The van der Waals surface area contributed by atoms with E-state index < -0.39 is 23.5 Å². The predicted octanol–water partition coefficient (Wildman–Crippen LogP) is 5.20. The van der Waals surface area contributed by atoms with Crippen LogP contribution in [0.4, 0.5) is 26.3 Å². The number of carbonyl (C=O) groups is 1. The molecule has 0 aliphatic rings. The van der Waals surface area contributed by atoms with Crippen molar-refractivity contribution in [1.82, 2.24) is 0 Å². The second-order valence-electron chi connectivity index (χ2n) is 4.54. The van der Waals surface area contributed by atoms with Crippen LogP contribution in [0, 0.1) is 0 Å². The minimum absolute atomic E-state index is 0.0518. The molecule has 0 aromatic heterocycles. The first kappa shape index (κ1) is 16.1. The highest BCUT2D eigenvalue weighted by Crippen LogP contribution is 2.35. The van der Waals surface area contributed by atoms with E-state index in [4.69, 9.17) is 0 Å². The Hall–Kier alpha value is -2.31. The summed E-state index contributed by atoms with van der Waals surface area (Å²) in [5, 5.41) is 0. The number of aldehydes is 1. The van der Waals surface area contributed by atoms with Crippen LogP contribution in [-0.4, -0.2) is 6.29 Å². The molecule has 0 unspecified atom stereocenters. The zero-order valence-electron chi connectivity index (χ0n) is 10.8. The fraction of sp³-hybridized carbons (Fsp3) is 0.133. The molecule has 0 atom stereocenters. The molecule has 0 saturated heterocycles. The van der Waals surface area contributed by atoms with E-state index in [0.717, 1.165) is 24.3 Å². The Balaban J connectivity index is 2.60. The topological polar surface area (TPSA) is 17.1 Å². The lowest BCUT2D eigenvalue weighted by Gasteiger charge is -2.12. The molecule has 2 aromatic rings. The van der Waals surface area contributed by atoms with Crippen molar-refractivity contribution in [1.29, 1.82) is 0 Å². The normalized spacial score (nSPS) is 12.3. The van der Waals surface area contributed by atoms with Crippen molar-refractivity contribution >= 4 is 6.29 Å². The third kappa shape index (κ3) is 3.47. The van der Waals surface area contributed by atoms with Crippen LogP contribution < -0.4 is 0 Å². The van der Waals surface area contributed by atoms with Crippen molar-refractivity contribution < 1.29 is 31.1 Å². The average molecular weight is 318 g/mol. The van der Waals surface area contributed by atoms with Crippen LogP contribution in [-0.2, 0) is 12.4 Å². The molecule has 0 spiro atoms. The number of benzene rings is 2. The van der Waals surface area contributed by atoms with Crippen molar-refractivity contribution in [2.24, 2.45) is 0 Å². The molecule has 0 fully saturated rings. The van der Waals surface area contributed by atoms with Gasteiger partial charge in [-0.05, 0) is 41.5 Å². The summed E-state index contributed by atoms with van der Waals surface area (Å²) in [5.41, 5.74) is -2.49. The van der Waals surface area contributed by atoms with Gasteiger partial charge >= 0.3 is 12.4 Å². The second kappa shape index (κ2) is 5.47. The summed E-state index contributed by atoms with van der Waals surface area (Å²) in [6, 6.07) is 6.37. The van der Waals surface area contributed by atoms with Crippen LogP contribution in [0.5, 0.6) is 0 Å². The number of hydrogen-bond acceptors (Lipinski definition) is 1.